The van der Waals surface area contributed by atoms with Crippen LogP contribution in [0.4, 0.5) is 0 Å². The molecule has 4 atom stereocenters. The molecule has 1 saturated heterocycles. The van der Waals surface area contributed by atoms with Crippen molar-refractivity contribution >= 4 is 11.9 Å². The summed E-state index contributed by atoms with van der Waals surface area (Å²) in [5.74, 6) is -1.58. The lowest BCUT2D eigenvalue weighted by Gasteiger charge is -2.39. The average Bonchev–Trinajstić information content (AvgIpc) is 2.75. The number of nitrogens with zero attached hydrogens (tertiary/aromatic N) is 1. The molecule has 1 heterocycles. The first-order valence-electron chi connectivity index (χ1n) is 8.00. The van der Waals surface area contributed by atoms with Gasteiger partial charge in [0.15, 0.2) is 0 Å². The molecule has 3 fully saturated rings. The minimum Gasteiger partial charge on any atom is -0.481 e. The van der Waals surface area contributed by atoms with Crippen molar-refractivity contribution in [1.82, 2.24) is 4.90 Å². The van der Waals surface area contributed by atoms with Gasteiger partial charge in [0.1, 0.15) is 0 Å². The Hall–Kier alpha value is -1.06. The summed E-state index contributed by atoms with van der Waals surface area (Å²) >= 11 is 0. The highest BCUT2D eigenvalue weighted by Crippen LogP contribution is 2.61. The molecular formula is C17H27NO3. The van der Waals surface area contributed by atoms with Crippen LogP contribution in [0.15, 0.2) is 0 Å². The Balaban J connectivity index is 1.80. The summed E-state index contributed by atoms with van der Waals surface area (Å²) in [7, 11) is 0. The zero-order valence-electron chi connectivity index (χ0n) is 13.8. The van der Waals surface area contributed by atoms with Crippen LogP contribution in [0.3, 0.4) is 0 Å². The van der Waals surface area contributed by atoms with Crippen molar-refractivity contribution in [2.45, 2.75) is 59.9 Å². The first-order valence-corrected chi connectivity index (χ1v) is 8.00. The molecule has 3 aliphatic rings. The number of likely N-dealkylation sites (tertiary alicyclic amines) is 1. The molecule has 0 aromatic rings. The maximum atomic E-state index is 12.9. The van der Waals surface area contributed by atoms with Crippen LogP contribution in [-0.4, -0.2) is 34.5 Å². The Morgan fingerprint density at radius 2 is 1.67 bits per heavy atom. The van der Waals surface area contributed by atoms with Gasteiger partial charge in [0.05, 0.1) is 11.8 Å². The third-order valence-corrected chi connectivity index (χ3v) is 6.06. The van der Waals surface area contributed by atoms with Gasteiger partial charge < -0.3 is 10.0 Å². The standard InChI is InChI=1S/C17H27NO3/c1-15(2)6-10-7-17(5,8-15)9-18(10)13(19)11-12(14(20)21)16(11,3)4/h10-12H,6-9H2,1-5H3,(H,20,21). The van der Waals surface area contributed by atoms with Gasteiger partial charge in [-0.3, -0.25) is 9.59 Å². The number of rotatable bonds is 2. The van der Waals surface area contributed by atoms with E-state index in [0.29, 0.717) is 6.04 Å². The normalized spacial score (nSPS) is 42.7. The van der Waals surface area contributed by atoms with Crippen molar-refractivity contribution in [2.75, 3.05) is 6.54 Å². The maximum absolute atomic E-state index is 12.9. The van der Waals surface area contributed by atoms with Gasteiger partial charge in [0.25, 0.3) is 0 Å². The Labute approximate surface area is 126 Å². The molecule has 1 amide bonds. The Morgan fingerprint density at radius 1 is 1.05 bits per heavy atom. The molecule has 1 aliphatic heterocycles. The van der Waals surface area contributed by atoms with Crippen molar-refractivity contribution in [3.63, 3.8) is 0 Å². The highest BCUT2D eigenvalue weighted by Gasteiger charge is 2.68. The first kappa shape index (κ1) is 14.9. The van der Waals surface area contributed by atoms with E-state index in [0.717, 1.165) is 25.8 Å². The van der Waals surface area contributed by atoms with Crippen LogP contribution in [0.25, 0.3) is 0 Å². The predicted molar refractivity (Wildman–Crippen MR) is 79.6 cm³/mol. The van der Waals surface area contributed by atoms with Gasteiger partial charge in [-0.2, -0.15) is 0 Å². The van der Waals surface area contributed by atoms with Crippen molar-refractivity contribution in [1.29, 1.82) is 0 Å². The molecule has 4 heteroatoms. The molecule has 118 valence electrons. The largest absolute Gasteiger partial charge is 0.481 e. The van der Waals surface area contributed by atoms with Gasteiger partial charge in [0, 0.05) is 12.6 Å². The van der Waals surface area contributed by atoms with E-state index in [2.05, 4.69) is 20.8 Å². The van der Waals surface area contributed by atoms with Crippen molar-refractivity contribution in [3.8, 4) is 0 Å². The van der Waals surface area contributed by atoms with E-state index in [-0.39, 0.29) is 22.7 Å². The fourth-order valence-electron chi connectivity index (χ4n) is 5.46. The topological polar surface area (TPSA) is 57.6 Å². The summed E-state index contributed by atoms with van der Waals surface area (Å²) < 4.78 is 0. The average molecular weight is 293 g/mol. The second-order valence-corrected chi connectivity index (χ2v) is 9.29. The molecule has 1 N–H and O–H groups in total. The molecule has 2 saturated carbocycles. The second-order valence-electron chi connectivity index (χ2n) is 9.29. The van der Waals surface area contributed by atoms with Crippen LogP contribution in [0.2, 0.25) is 0 Å². The summed E-state index contributed by atoms with van der Waals surface area (Å²) in [6, 6.07) is 0.303. The molecule has 2 bridgehead atoms. The van der Waals surface area contributed by atoms with E-state index in [1.54, 1.807) is 0 Å². The molecule has 4 nitrogen and oxygen atoms in total. The van der Waals surface area contributed by atoms with Crippen LogP contribution < -0.4 is 0 Å². The molecule has 2 aliphatic carbocycles. The van der Waals surface area contributed by atoms with Crippen molar-refractivity contribution in [3.05, 3.63) is 0 Å². The van der Waals surface area contributed by atoms with E-state index >= 15 is 0 Å². The molecule has 3 rings (SSSR count). The Morgan fingerprint density at radius 3 is 2.19 bits per heavy atom. The lowest BCUT2D eigenvalue weighted by molar-refractivity contribution is -0.142. The number of fused-ring (bicyclic) bond motifs is 2. The van der Waals surface area contributed by atoms with Gasteiger partial charge in [-0.25, -0.2) is 0 Å². The van der Waals surface area contributed by atoms with Crippen LogP contribution in [0, 0.1) is 28.1 Å². The third-order valence-electron chi connectivity index (χ3n) is 6.06. The van der Waals surface area contributed by atoms with Gasteiger partial charge >= 0.3 is 5.97 Å². The Kier molecular flexibility index (Phi) is 2.84. The molecule has 0 aromatic carbocycles. The molecular weight excluding hydrogens is 266 g/mol. The molecule has 0 radical (unpaired) electrons. The molecule has 4 unspecified atom stereocenters. The van der Waals surface area contributed by atoms with Crippen LogP contribution in [0.5, 0.6) is 0 Å². The lowest BCUT2D eigenvalue weighted by Crippen LogP contribution is -2.39. The minimum absolute atomic E-state index is 0.0822. The summed E-state index contributed by atoms with van der Waals surface area (Å²) in [5.41, 5.74) is 0.0911. The SMILES string of the molecule is CC1(C)CC2CC(C)(CN2C(=O)C2C(C(=O)O)C2(C)C)C1. The second kappa shape index (κ2) is 4.02. The van der Waals surface area contributed by atoms with Gasteiger partial charge in [-0.15, -0.1) is 0 Å². The third kappa shape index (κ3) is 2.18. The number of carbonyl (C=O) groups excluding carboxylic acids is 1. The van der Waals surface area contributed by atoms with Gasteiger partial charge in [-0.05, 0) is 35.5 Å². The van der Waals surface area contributed by atoms with E-state index in [4.69, 9.17) is 0 Å². The fourth-order valence-corrected chi connectivity index (χ4v) is 5.46. The van der Waals surface area contributed by atoms with E-state index in [1.807, 2.05) is 18.7 Å². The highest BCUT2D eigenvalue weighted by atomic mass is 16.4. The van der Waals surface area contributed by atoms with Crippen molar-refractivity contribution < 1.29 is 14.7 Å². The van der Waals surface area contributed by atoms with Gasteiger partial charge in [0.2, 0.25) is 5.91 Å². The van der Waals surface area contributed by atoms with E-state index in [1.165, 1.54) is 0 Å². The monoisotopic (exact) mass is 293 g/mol. The summed E-state index contributed by atoms with van der Waals surface area (Å²) in [6.07, 6.45) is 3.27. The number of hydrogen-bond acceptors (Lipinski definition) is 2. The van der Waals surface area contributed by atoms with Crippen LogP contribution in [-0.2, 0) is 9.59 Å². The zero-order chi connectivity index (χ0) is 15.8. The zero-order valence-corrected chi connectivity index (χ0v) is 13.8. The van der Waals surface area contributed by atoms with Crippen LogP contribution >= 0.6 is 0 Å². The first-order chi connectivity index (χ1) is 9.47. The highest BCUT2D eigenvalue weighted by molar-refractivity contribution is 5.92. The fraction of sp³-hybridized carbons (Fsp3) is 0.882. The summed E-state index contributed by atoms with van der Waals surface area (Å²) in [5, 5.41) is 9.30. The van der Waals surface area contributed by atoms with E-state index in [9.17, 15) is 14.7 Å². The quantitative estimate of drug-likeness (QED) is 0.851. The predicted octanol–water partition coefficient (Wildman–Crippen LogP) is 2.77. The van der Waals surface area contributed by atoms with Gasteiger partial charge in [-0.1, -0.05) is 34.6 Å². The maximum Gasteiger partial charge on any atom is 0.307 e. The van der Waals surface area contributed by atoms with Crippen LogP contribution in [0.1, 0.15) is 53.9 Å². The summed E-state index contributed by atoms with van der Waals surface area (Å²) in [4.78, 5) is 26.2. The smallest absolute Gasteiger partial charge is 0.307 e. The minimum atomic E-state index is -0.827. The molecule has 0 aromatic heterocycles. The number of carbonyl (C=O) groups is 2. The molecule has 0 spiro atoms. The summed E-state index contributed by atoms with van der Waals surface area (Å²) in [6.45, 7) is 11.5. The lowest BCUT2D eigenvalue weighted by atomic mass is 9.65. The molecule has 21 heavy (non-hydrogen) atoms. The number of hydrogen-bond donors (Lipinski definition) is 1. The Bertz CT molecular complexity index is 510. The number of amides is 1. The van der Waals surface area contributed by atoms with Crippen molar-refractivity contribution in [2.24, 2.45) is 28.1 Å². The van der Waals surface area contributed by atoms with E-state index < -0.39 is 17.3 Å². The number of carboxylic acid groups (broad SMARTS) is 1. The number of carboxylic acids is 1. The number of aliphatic carboxylic acids is 1.